The van der Waals surface area contributed by atoms with E-state index in [1.165, 1.54) is 16.7 Å². The van der Waals surface area contributed by atoms with Crippen LogP contribution in [0.4, 0.5) is 10.5 Å². The Morgan fingerprint density at radius 2 is 1.45 bits per heavy atom. The fourth-order valence-corrected chi connectivity index (χ4v) is 5.80. The first-order valence-electron chi connectivity index (χ1n) is 14.3. The number of urea groups is 1. The largest absolute Gasteiger partial charge is 0.494 e. The Morgan fingerprint density at radius 1 is 0.842 bits per heavy atom. The molecule has 1 aliphatic rings. The summed E-state index contributed by atoms with van der Waals surface area (Å²) in [5.41, 5.74) is 5.81. The summed E-state index contributed by atoms with van der Waals surface area (Å²) in [5, 5.41) is 3.40. The van der Waals surface area contributed by atoms with Crippen molar-refractivity contribution in [3.05, 3.63) is 95.1 Å². The molecular formula is C34H44N2O2. The van der Waals surface area contributed by atoms with Crippen LogP contribution < -0.4 is 10.1 Å². The molecule has 0 saturated heterocycles. The molecule has 202 valence electrons. The van der Waals surface area contributed by atoms with Crippen LogP contribution in [0, 0.1) is 0 Å². The fraction of sp³-hybridized carbons (Fsp3) is 0.441. The number of para-hydroxylation sites is 2. The van der Waals surface area contributed by atoms with Crippen LogP contribution in [0.1, 0.15) is 100 Å². The molecule has 0 aliphatic heterocycles. The predicted molar refractivity (Wildman–Crippen MR) is 158 cm³/mol. The molecule has 0 spiro atoms. The topological polar surface area (TPSA) is 41.6 Å². The predicted octanol–water partition coefficient (Wildman–Crippen LogP) is 9.09. The van der Waals surface area contributed by atoms with Gasteiger partial charge in [-0.3, -0.25) is 0 Å². The number of amides is 2. The lowest BCUT2D eigenvalue weighted by Crippen LogP contribution is -2.44. The molecule has 1 fully saturated rings. The zero-order valence-corrected chi connectivity index (χ0v) is 23.7. The van der Waals surface area contributed by atoms with Crippen LogP contribution in [-0.2, 0) is 6.54 Å². The summed E-state index contributed by atoms with van der Waals surface area (Å²) in [5.74, 6) is 2.05. The quantitative estimate of drug-likeness (QED) is 0.311. The van der Waals surface area contributed by atoms with Crippen LogP contribution in [0.5, 0.6) is 5.75 Å². The number of hydrogen-bond donors (Lipinski definition) is 1. The van der Waals surface area contributed by atoms with Gasteiger partial charge in [-0.25, -0.2) is 4.79 Å². The van der Waals surface area contributed by atoms with Crippen molar-refractivity contribution >= 4 is 11.7 Å². The number of rotatable bonds is 9. The van der Waals surface area contributed by atoms with Crippen LogP contribution >= 0.6 is 0 Å². The third-order valence-corrected chi connectivity index (χ3v) is 7.89. The van der Waals surface area contributed by atoms with Crippen molar-refractivity contribution in [2.24, 2.45) is 0 Å². The van der Waals surface area contributed by atoms with Gasteiger partial charge in [0.1, 0.15) is 5.75 Å². The Labute approximate surface area is 229 Å². The third-order valence-electron chi connectivity index (χ3n) is 7.89. The number of ether oxygens (including phenoxy) is 1. The number of anilines is 1. The number of benzene rings is 3. The summed E-state index contributed by atoms with van der Waals surface area (Å²) in [6, 6.07) is 25.5. The van der Waals surface area contributed by atoms with Gasteiger partial charge in [-0.2, -0.15) is 0 Å². The standard InChI is InChI=1S/C34H44N2O2/c1-6-38-32-18-11-10-15-28(32)23-36(29-21-19-27(20-22-29)26-13-8-7-9-14-26)34(37)35-33-30(24(2)3)16-12-17-31(33)25(4)5/h7-18,24-25,27,29H,6,19-23H2,1-5H3,(H,35,37). The number of nitrogens with one attached hydrogen (secondary N) is 1. The molecule has 0 bridgehead atoms. The monoisotopic (exact) mass is 512 g/mol. The average molecular weight is 513 g/mol. The van der Waals surface area contributed by atoms with E-state index in [1.807, 2.05) is 25.1 Å². The number of hydrogen-bond acceptors (Lipinski definition) is 2. The zero-order chi connectivity index (χ0) is 27.1. The maximum absolute atomic E-state index is 14.2. The maximum atomic E-state index is 14.2. The third kappa shape index (κ3) is 6.59. The van der Waals surface area contributed by atoms with Crippen molar-refractivity contribution in [3.63, 3.8) is 0 Å². The Morgan fingerprint density at radius 3 is 2.05 bits per heavy atom. The number of nitrogens with zero attached hydrogens (tertiary/aromatic N) is 1. The highest BCUT2D eigenvalue weighted by Gasteiger charge is 2.31. The van der Waals surface area contributed by atoms with Crippen molar-refractivity contribution in [3.8, 4) is 5.75 Å². The van der Waals surface area contributed by atoms with E-state index in [-0.39, 0.29) is 12.1 Å². The molecule has 0 heterocycles. The van der Waals surface area contributed by atoms with Gasteiger partial charge in [-0.1, -0.05) is 94.4 Å². The number of carbonyl (C=O) groups is 1. The maximum Gasteiger partial charge on any atom is 0.322 e. The van der Waals surface area contributed by atoms with Gasteiger partial charge < -0.3 is 15.0 Å². The lowest BCUT2D eigenvalue weighted by molar-refractivity contribution is 0.157. The van der Waals surface area contributed by atoms with E-state index < -0.39 is 0 Å². The lowest BCUT2D eigenvalue weighted by Gasteiger charge is -2.38. The lowest BCUT2D eigenvalue weighted by atomic mass is 9.81. The summed E-state index contributed by atoms with van der Waals surface area (Å²) in [7, 11) is 0. The molecule has 0 aromatic heterocycles. The van der Waals surface area contributed by atoms with E-state index >= 15 is 0 Å². The molecule has 1 saturated carbocycles. The van der Waals surface area contributed by atoms with Crippen molar-refractivity contribution in [2.45, 2.75) is 90.6 Å². The second-order valence-electron chi connectivity index (χ2n) is 11.1. The molecule has 1 N–H and O–H groups in total. The highest BCUT2D eigenvalue weighted by molar-refractivity contribution is 5.91. The van der Waals surface area contributed by atoms with Crippen molar-refractivity contribution < 1.29 is 9.53 Å². The van der Waals surface area contributed by atoms with E-state index in [0.717, 1.165) is 42.7 Å². The van der Waals surface area contributed by atoms with Crippen molar-refractivity contribution in [1.82, 2.24) is 4.90 Å². The molecule has 0 unspecified atom stereocenters. The van der Waals surface area contributed by atoms with Gasteiger partial charge in [-0.15, -0.1) is 0 Å². The summed E-state index contributed by atoms with van der Waals surface area (Å²) in [6.07, 6.45) is 4.16. The minimum absolute atomic E-state index is 0.0190. The molecule has 4 nitrogen and oxygen atoms in total. The van der Waals surface area contributed by atoms with Crippen LogP contribution in [0.3, 0.4) is 0 Å². The average Bonchev–Trinajstić information content (AvgIpc) is 2.93. The van der Waals surface area contributed by atoms with Crippen LogP contribution in [0.2, 0.25) is 0 Å². The van der Waals surface area contributed by atoms with E-state index in [9.17, 15) is 4.79 Å². The molecule has 0 atom stereocenters. The van der Waals surface area contributed by atoms with Gasteiger partial charge in [0.25, 0.3) is 0 Å². The van der Waals surface area contributed by atoms with E-state index in [1.54, 1.807) is 0 Å². The molecule has 0 radical (unpaired) electrons. The molecule has 3 aromatic carbocycles. The van der Waals surface area contributed by atoms with Crippen LogP contribution in [0.25, 0.3) is 0 Å². The zero-order valence-electron chi connectivity index (χ0n) is 23.7. The second-order valence-corrected chi connectivity index (χ2v) is 11.1. The molecular weight excluding hydrogens is 468 g/mol. The first-order valence-corrected chi connectivity index (χ1v) is 14.3. The molecule has 38 heavy (non-hydrogen) atoms. The van der Waals surface area contributed by atoms with Gasteiger partial charge in [0.2, 0.25) is 0 Å². The van der Waals surface area contributed by atoms with Crippen LogP contribution in [-0.4, -0.2) is 23.6 Å². The molecule has 4 rings (SSSR count). The smallest absolute Gasteiger partial charge is 0.322 e. The van der Waals surface area contributed by atoms with Gasteiger partial charge in [0, 0.05) is 17.3 Å². The first-order chi connectivity index (χ1) is 18.4. The van der Waals surface area contributed by atoms with Gasteiger partial charge in [-0.05, 0) is 73.1 Å². The van der Waals surface area contributed by atoms with Gasteiger partial charge in [0.15, 0.2) is 0 Å². The molecule has 3 aromatic rings. The summed E-state index contributed by atoms with van der Waals surface area (Å²) in [6.45, 7) is 11.9. The van der Waals surface area contributed by atoms with Crippen LogP contribution in [0.15, 0.2) is 72.8 Å². The SMILES string of the molecule is CCOc1ccccc1CN(C(=O)Nc1c(C(C)C)cccc1C(C)C)C1CCC(c2ccccc2)CC1. The van der Waals surface area contributed by atoms with Crippen molar-refractivity contribution in [2.75, 3.05) is 11.9 Å². The Bertz CT molecular complexity index is 1150. The summed E-state index contributed by atoms with van der Waals surface area (Å²) in [4.78, 5) is 16.2. The first kappa shape index (κ1) is 27.8. The number of carbonyl (C=O) groups excluding carboxylic acids is 1. The highest BCUT2D eigenvalue weighted by Crippen LogP contribution is 2.37. The molecule has 1 aliphatic carbocycles. The normalized spacial score (nSPS) is 17.4. The van der Waals surface area contributed by atoms with E-state index in [4.69, 9.17) is 4.74 Å². The molecule has 4 heteroatoms. The van der Waals surface area contributed by atoms with Gasteiger partial charge in [0.05, 0.1) is 13.2 Å². The van der Waals surface area contributed by atoms with E-state index in [2.05, 4.69) is 92.5 Å². The minimum Gasteiger partial charge on any atom is -0.494 e. The summed E-state index contributed by atoms with van der Waals surface area (Å²) >= 11 is 0. The Kier molecular flexibility index (Phi) is 9.49. The molecule has 2 amide bonds. The Hall–Kier alpha value is -3.27. The fourth-order valence-electron chi connectivity index (χ4n) is 5.80. The summed E-state index contributed by atoms with van der Waals surface area (Å²) < 4.78 is 5.94. The Balaban J connectivity index is 1.62. The van der Waals surface area contributed by atoms with E-state index in [0.29, 0.717) is 30.9 Å². The highest BCUT2D eigenvalue weighted by atomic mass is 16.5. The van der Waals surface area contributed by atoms with Gasteiger partial charge >= 0.3 is 6.03 Å². The van der Waals surface area contributed by atoms with Crippen molar-refractivity contribution in [1.29, 1.82) is 0 Å². The minimum atomic E-state index is -0.0190. The second kappa shape index (κ2) is 13.0.